The molecule has 170 valence electrons. The lowest BCUT2D eigenvalue weighted by molar-refractivity contribution is -0.138. The predicted octanol–water partition coefficient (Wildman–Crippen LogP) is 5.68. The first kappa shape index (κ1) is 22.2. The number of aromatic nitrogens is 3. The van der Waals surface area contributed by atoms with Gasteiger partial charge in [0.15, 0.2) is 5.82 Å². The number of pyridine rings is 1. The molecular formula is C22H22F5N5. The number of aryl methyl sites for hydroxylation is 1. The number of hydrogen-bond acceptors (Lipinski definition) is 5. The smallest absolute Gasteiger partial charge is 0.364 e. The molecule has 1 fully saturated rings. The van der Waals surface area contributed by atoms with Crippen LogP contribution in [0.25, 0.3) is 10.9 Å². The molecule has 1 saturated heterocycles. The molecule has 1 aliphatic rings. The van der Waals surface area contributed by atoms with E-state index in [1.807, 2.05) is 0 Å². The number of nitrogens with one attached hydrogen (secondary N) is 1. The molecule has 0 saturated carbocycles. The zero-order valence-corrected chi connectivity index (χ0v) is 17.8. The molecule has 4 rings (SSSR count). The number of anilines is 2. The summed E-state index contributed by atoms with van der Waals surface area (Å²) >= 11 is 0. The Bertz CT molecular complexity index is 1160. The van der Waals surface area contributed by atoms with Gasteiger partial charge in [0.1, 0.15) is 0 Å². The normalized spacial score (nSPS) is 17.1. The van der Waals surface area contributed by atoms with Crippen LogP contribution in [0.4, 0.5) is 33.5 Å². The van der Waals surface area contributed by atoms with Gasteiger partial charge in [-0.1, -0.05) is 12.1 Å². The average Bonchev–Trinajstić information content (AvgIpc) is 3.09. The van der Waals surface area contributed by atoms with Crippen LogP contribution in [-0.2, 0) is 6.18 Å². The van der Waals surface area contributed by atoms with Crippen molar-refractivity contribution in [3.05, 3.63) is 52.8 Å². The van der Waals surface area contributed by atoms with Crippen LogP contribution in [0, 0.1) is 13.8 Å². The molecule has 1 aliphatic heterocycles. The third-order valence-electron chi connectivity index (χ3n) is 5.81. The van der Waals surface area contributed by atoms with E-state index in [1.54, 1.807) is 30.9 Å². The maximum atomic E-state index is 13.7. The molecule has 1 atom stereocenters. The molecular weight excluding hydrogens is 429 g/mol. The van der Waals surface area contributed by atoms with Gasteiger partial charge in [0.2, 0.25) is 0 Å². The van der Waals surface area contributed by atoms with E-state index >= 15 is 0 Å². The quantitative estimate of drug-likeness (QED) is 0.518. The van der Waals surface area contributed by atoms with E-state index in [2.05, 4.69) is 20.5 Å². The van der Waals surface area contributed by atoms with Crippen molar-refractivity contribution in [3.63, 3.8) is 0 Å². The van der Waals surface area contributed by atoms with Crippen LogP contribution in [0.5, 0.6) is 0 Å². The van der Waals surface area contributed by atoms with E-state index in [0.29, 0.717) is 33.7 Å². The van der Waals surface area contributed by atoms with Gasteiger partial charge < -0.3 is 10.2 Å². The van der Waals surface area contributed by atoms with Gasteiger partial charge in [-0.3, -0.25) is 4.98 Å². The maximum Gasteiger partial charge on any atom is 0.416 e. The molecule has 2 aromatic heterocycles. The number of hydrogen-bond donors (Lipinski definition) is 1. The molecule has 0 bridgehead atoms. The zero-order valence-electron chi connectivity index (χ0n) is 17.8. The van der Waals surface area contributed by atoms with E-state index in [-0.39, 0.29) is 25.1 Å². The van der Waals surface area contributed by atoms with Crippen molar-refractivity contribution in [1.29, 1.82) is 0 Å². The maximum absolute atomic E-state index is 13.7. The Morgan fingerprint density at radius 2 is 1.91 bits per heavy atom. The highest BCUT2D eigenvalue weighted by molar-refractivity contribution is 5.92. The van der Waals surface area contributed by atoms with Crippen molar-refractivity contribution in [1.82, 2.24) is 15.2 Å². The molecule has 5 nitrogen and oxygen atoms in total. The summed E-state index contributed by atoms with van der Waals surface area (Å²) in [6, 6.07) is 5.25. The highest BCUT2D eigenvalue weighted by Gasteiger charge is 2.38. The van der Waals surface area contributed by atoms with Crippen molar-refractivity contribution >= 4 is 22.4 Å². The summed E-state index contributed by atoms with van der Waals surface area (Å²) in [5.41, 5.74) is 1.55. The molecule has 0 amide bonds. The van der Waals surface area contributed by atoms with Gasteiger partial charge in [-0.25, -0.2) is 8.78 Å². The van der Waals surface area contributed by atoms with Crippen LogP contribution in [0.15, 0.2) is 30.5 Å². The number of fused-ring (bicyclic) bond motifs is 1. The summed E-state index contributed by atoms with van der Waals surface area (Å²) in [5.74, 6) is -2.42. The number of rotatable bonds is 4. The van der Waals surface area contributed by atoms with Gasteiger partial charge >= 0.3 is 6.18 Å². The molecule has 32 heavy (non-hydrogen) atoms. The Balaban J connectivity index is 1.70. The fraction of sp³-hybridized carbons (Fsp3) is 0.409. The van der Waals surface area contributed by atoms with Crippen molar-refractivity contribution in [2.75, 3.05) is 23.3 Å². The number of benzene rings is 1. The minimum absolute atomic E-state index is 0.127. The van der Waals surface area contributed by atoms with Gasteiger partial charge in [-0.15, -0.1) is 5.10 Å². The van der Waals surface area contributed by atoms with Crippen LogP contribution >= 0.6 is 0 Å². The van der Waals surface area contributed by atoms with Crippen LogP contribution in [0.3, 0.4) is 0 Å². The Hall–Kier alpha value is -3.04. The van der Waals surface area contributed by atoms with E-state index in [0.717, 1.165) is 6.07 Å². The topological polar surface area (TPSA) is 53.9 Å². The number of alkyl halides is 5. The molecule has 0 unspecified atom stereocenters. The summed E-state index contributed by atoms with van der Waals surface area (Å²) in [6.45, 7) is 4.72. The van der Waals surface area contributed by atoms with Crippen LogP contribution in [0.2, 0.25) is 0 Å². The first-order chi connectivity index (χ1) is 15.0. The minimum Gasteiger partial charge on any atom is -0.364 e. The average molecular weight is 451 g/mol. The summed E-state index contributed by atoms with van der Waals surface area (Å²) in [4.78, 5) is 5.96. The Morgan fingerprint density at radius 1 is 1.16 bits per heavy atom. The van der Waals surface area contributed by atoms with Crippen LogP contribution < -0.4 is 10.2 Å². The Morgan fingerprint density at radius 3 is 2.56 bits per heavy atom. The van der Waals surface area contributed by atoms with E-state index in [1.165, 1.54) is 19.2 Å². The Kier molecular flexibility index (Phi) is 5.42. The zero-order chi connectivity index (χ0) is 23.3. The van der Waals surface area contributed by atoms with Crippen molar-refractivity contribution in [3.8, 4) is 0 Å². The van der Waals surface area contributed by atoms with E-state index in [4.69, 9.17) is 0 Å². The molecule has 1 N–H and O–H groups in total. The molecule has 3 aromatic rings. The van der Waals surface area contributed by atoms with Gasteiger partial charge in [-0.2, -0.15) is 18.3 Å². The second-order valence-corrected chi connectivity index (χ2v) is 8.13. The highest BCUT2D eigenvalue weighted by Crippen LogP contribution is 2.36. The summed E-state index contributed by atoms with van der Waals surface area (Å²) in [5, 5.41) is 12.0. The number of nitrogens with zero attached hydrogens (tertiary/aromatic N) is 4. The standard InChI is InChI=1S/C22H22F5N5/c1-12-16(5-4-6-18(12)22(25,26)27)13(2)29-20-17-9-15(32-8-7-21(23,24)11-32)10-28-19(17)14(3)30-31-20/h4-6,9-10,13H,7-8,11H2,1-3H3,(H,29,31)/t13-/m1/s1. The number of halogens is 5. The van der Waals surface area contributed by atoms with Crippen LogP contribution in [-0.4, -0.2) is 34.2 Å². The molecule has 1 aromatic carbocycles. The van der Waals surface area contributed by atoms with Gasteiger partial charge in [-0.05, 0) is 44.0 Å². The van der Waals surface area contributed by atoms with Crippen molar-refractivity contribution in [2.24, 2.45) is 0 Å². The third-order valence-corrected chi connectivity index (χ3v) is 5.81. The first-order valence-electron chi connectivity index (χ1n) is 10.2. The third kappa shape index (κ3) is 4.18. The Labute approximate surface area is 181 Å². The van der Waals surface area contributed by atoms with E-state index < -0.39 is 23.7 Å². The highest BCUT2D eigenvalue weighted by atomic mass is 19.4. The van der Waals surface area contributed by atoms with Gasteiger partial charge in [0.25, 0.3) is 5.92 Å². The first-order valence-corrected chi connectivity index (χ1v) is 10.2. The summed E-state index contributed by atoms with van der Waals surface area (Å²) in [6.07, 6.45) is -3.15. The van der Waals surface area contributed by atoms with Crippen LogP contribution in [0.1, 0.15) is 41.8 Å². The SMILES string of the molecule is Cc1c([C@@H](C)Nc2nnc(C)c3ncc(N4CCC(F)(F)C4)cc23)cccc1C(F)(F)F. The largest absolute Gasteiger partial charge is 0.416 e. The second-order valence-electron chi connectivity index (χ2n) is 8.13. The second kappa shape index (κ2) is 7.83. The lowest BCUT2D eigenvalue weighted by Crippen LogP contribution is -2.25. The summed E-state index contributed by atoms with van der Waals surface area (Å²) in [7, 11) is 0. The lowest BCUT2D eigenvalue weighted by atomic mass is 9.97. The molecule has 3 heterocycles. The van der Waals surface area contributed by atoms with Gasteiger partial charge in [0.05, 0.1) is 41.2 Å². The monoisotopic (exact) mass is 451 g/mol. The fourth-order valence-corrected chi connectivity index (χ4v) is 4.10. The minimum atomic E-state index is -4.45. The van der Waals surface area contributed by atoms with Gasteiger partial charge in [0, 0.05) is 18.4 Å². The lowest BCUT2D eigenvalue weighted by Gasteiger charge is -2.22. The molecule has 0 aliphatic carbocycles. The van der Waals surface area contributed by atoms with Crippen molar-refractivity contribution in [2.45, 2.75) is 45.3 Å². The van der Waals surface area contributed by atoms with Crippen molar-refractivity contribution < 1.29 is 22.0 Å². The molecule has 0 radical (unpaired) electrons. The predicted molar refractivity (Wildman–Crippen MR) is 112 cm³/mol. The molecule has 0 spiro atoms. The molecule has 10 heteroatoms. The van der Waals surface area contributed by atoms with E-state index in [9.17, 15) is 22.0 Å². The fourth-order valence-electron chi connectivity index (χ4n) is 4.10. The summed E-state index contributed by atoms with van der Waals surface area (Å²) < 4.78 is 67.3.